The summed E-state index contributed by atoms with van der Waals surface area (Å²) in [6, 6.07) is 5.86. The molecule has 0 radical (unpaired) electrons. The van der Waals surface area contributed by atoms with Crippen LogP contribution in [-0.4, -0.2) is 18.2 Å². The number of anilines is 1. The second kappa shape index (κ2) is 4.12. The van der Waals surface area contributed by atoms with Gasteiger partial charge in [0, 0.05) is 28.8 Å². The molecule has 4 heteroatoms. The van der Waals surface area contributed by atoms with E-state index in [2.05, 4.69) is 21.2 Å². The number of rotatable bonds is 1. The van der Waals surface area contributed by atoms with Crippen molar-refractivity contribution in [1.82, 2.24) is 0 Å². The SMILES string of the molecule is NCC1(O)CCCNc2cc(Br)ccc21. The van der Waals surface area contributed by atoms with Crippen LogP contribution in [0.25, 0.3) is 0 Å². The van der Waals surface area contributed by atoms with Gasteiger partial charge in [-0.25, -0.2) is 0 Å². The summed E-state index contributed by atoms with van der Waals surface area (Å²) < 4.78 is 1.01. The molecule has 4 N–H and O–H groups in total. The van der Waals surface area contributed by atoms with Crippen LogP contribution < -0.4 is 11.1 Å². The van der Waals surface area contributed by atoms with Crippen molar-refractivity contribution >= 4 is 21.6 Å². The van der Waals surface area contributed by atoms with Crippen LogP contribution in [0.2, 0.25) is 0 Å². The summed E-state index contributed by atoms with van der Waals surface area (Å²) in [5.74, 6) is 0. The van der Waals surface area contributed by atoms with Crippen molar-refractivity contribution in [3.63, 3.8) is 0 Å². The molecule has 0 spiro atoms. The Bertz CT molecular complexity index is 370. The Labute approximate surface area is 97.8 Å². The van der Waals surface area contributed by atoms with Crippen molar-refractivity contribution in [2.75, 3.05) is 18.4 Å². The lowest BCUT2D eigenvalue weighted by Gasteiger charge is -2.26. The molecule has 1 aromatic rings. The van der Waals surface area contributed by atoms with Crippen LogP contribution in [0.3, 0.4) is 0 Å². The standard InChI is InChI=1S/C11H15BrN2O/c12-8-2-3-9-10(6-8)14-5-1-4-11(9,15)7-13/h2-3,6,14-15H,1,4-5,7,13H2. The van der Waals surface area contributed by atoms with E-state index in [1.165, 1.54) is 0 Å². The summed E-state index contributed by atoms with van der Waals surface area (Å²) in [6.07, 6.45) is 1.64. The number of benzene rings is 1. The Kier molecular flexibility index (Phi) is 3.00. The molecule has 0 amide bonds. The van der Waals surface area contributed by atoms with Crippen molar-refractivity contribution < 1.29 is 5.11 Å². The fourth-order valence-electron chi connectivity index (χ4n) is 2.02. The molecule has 1 aliphatic heterocycles. The molecule has 0 saturated carbocycles. The molecule has 1 heterocycles. The summed E-state index contributed by atoms with van der Waals surface area (Å²) >= 11 is 3.42. The van der Waals surface area contributed by atoms with Gasteiger partial charge in [0.1, 0.15) is 5.60 Å². The minimum absolute atomic E-state index is 0.267. The van der Waals surface area contributed by atoms with E-state index in [9.17, 15) is 5.11 Å². The van der Waals surface area contributed by atoms with Crippen molar-refractivity contribution in [3.8, 4) is 0 Å². The number of fused-ring (bicyclic) bond motifs is 1. The van der Waals surface area contributed by atoms with Crippen molar-refractivity contribution in [3.05, 3.63) is 28.2 Å². The third-order valence-corrected chi connectivity index (χ3v) is 3.40. The van der Waals surface area contributed by atoms with Crippen molar-refractivity contribution in [1.29, 1.82) is 0 Å². The van der Waals surface area contributed by atoms with Gasteiger partial charge < -0.3 is 16.2 Å². The molecule has 1 unspecified atom stereocenters. The Hall–Kier alpha value is -0.580. The van der Waals surface area contributed by atoms with Gasteiger partial charge in [-0.05, 0) is 25.0 Å². The number of aliphatic hydroxyl groups is 1. The summed E-state index contributed by atoms with van der Waals surface area (Å²) in [5.41, 5.74) is 6.68. The molecule has 2 rings (SSSR count). The summed E-state index contributed by atoms with van der Waals surface area (Å²) in [5, 5.41) is 13.7. The van der Waals surface area contributed by atoms with E-state index in [0.29, 0.717) is 6.42 Å². The molecule has 82 valence electrons. The van der Waals surface area contributed by atoms with E-state index < -0.39 is 5.60 Å². The van der Waals surface area contributed by atoms with E-state index in [1.54, 1.807) is 0 Å². The zero-order valence-corrected chi connectivity index (χ0v) is 10.0. The number of nitrogens with one attached hydrogen (secondary N) is 1. The Morgan fingerprint density at radius 3 is 3.07 bits per heavy atom. The molecule has 0 aromatic heterocycles. The van der Waals surface area contributed by atoms with Crippen molar-refractivity contribution in [2.45, 2.75) is 18.4 Å². The average molecular weight is 271 g/mol. The maximum atomic E-state index is 10.4. The first-order valence-corrected chi connectivity index (χ1v) is 5.91. The van der Waals surface area contributed by atoms with Gasteiger partial charge in [-0.2, -0.15) is 0 Å². The van der Waals surface area contributed by atoms with Gasteiger partial charge in [-0.1, -0.05) is 22.0 Å². The highest BCUT2D eigenvalue weighted by Crippen LogP contribution is 2.35. The zero-order chi connectivity index (χ0) is 10.9. The number of hydrogen-bond acceptors (Lipinski definition) is 3. The van der Waals surface area contributed by atoms with Gasteiger partial charge in [0.05, 0.1) is 0 Å². The topological polar surface area (TPSA) is 58.3 Å². The van der Waals surface area contributed by atoms with Gasteiger partial charge in [0.15, 0.2) is 0 Å². The molecule has 0 fully saturated rings. The summed E-state index contributed by atoms with van der Waals surface area (Å²) in [4.78, 5) is 0. The normalized spacial score (nSPS) is 25.3. The Morgan fingerprint density at radius 1 is 1.53 bits per heavy atom. The van der Waals surface area contributed by atoms with Crippen LogP contribution >= 0.6 is 15.9 Å². The molecule has 1 atom stereocenters. The van der Waals surface area contributed by atoms with Crippen LogP contribution in [0, 0.1) is 0 Å². The average Bonchev–Trinajstić information content (AvgIpc) is 2.39. The highest BCUT2D eigenvalue weighted by Gasteiger charge is 2.31. The van der Waals surface area contributed by atoms with Gasteiger partial charge in [-0.3, -0.25) is 0 Å². The lowest BCUT2D eigenvalue weighted by atomic mass is 9.89. The molecule has 15 heavy (non-hydrogen) atoms. The van der Waals surface area contributed by atoms with E-state index in [1.807, 2.05) is 18.2 Å². The first kappa shape index (κ1) is 10.9. The third-order valence-electron chi connectivity index (χ3n) is 2.90. The van der Waals surface area contributed by atoms with Gasteiger partial charge in [0.25, 0.3) is 0 Å². The lowest BCUT2D eigenvalue weighted by molar-refractivity contribution is 0.0379. The van der Waals surface area contributed by atoms with Crippen LogP contribution in [0.15, 0.2) is 22.7 Å². The molecule has 1 aliphatic rings. The quantitative estimate of drug-likeness (QED) is 0.730. The second-order valence-electron chi connectivity index (χ2n) is 3.96. The van der Waals surface area contributed by atoms with E-state index >= 15 is 0 Å². The number of hydrogen-bond donors (Lipinski definition) is 3. The molecular weight excluding hydrogens is 256 g/mol. The molecule has 0 bridgehead atoms. The van der Waals surface area contributed by atoms with E-state index in [-0.39, 0.29) is 6.54 Å². The molecule has 3 nitrogen and oxygen atoms in total. The minimum atomic E-state index is -0.875. The van der Waals surface area contributed by atoms with Crippen LogP contribution in [0.5, 0.6) is 0 Å². The second-order valence-corrected chi connectivity index (χ2v) is 4.87. The van der Waals surface area contributed by atoms with E-state index in [0.717, 1.165) is 28.7 Å². The molecular formula is C11H15BrN2O. The molecule has 0 saturated heterocycles. The maximum absolute atomic E-state index is 10.4. The summed E-state index contributed by atoms with van der Waals surface area (Å²) in [7, 11) is 0. The number of halogens is 1. The fraction of sp³-hybridized carbons (Fsp3) is 0.455. The first-order valence-electron chi connectivity index (χ1n) is 5.12. The first-order chi connectivity index (χ1) is 7.15. The van der Waals surface area contributed by atoms with Crippen LogP contribution in [0.4, 0.5) is 5.69 Å². The zero-order valence-electron chi connectivity index (χ0n) is 8.46. The largest absolute Gasteiger partial charge is 0.385 e. The van der Waals surface area contributed by atoms with Crippen LogP contribution in [-0.2, 0) is 5.60 Å². The molecule has 1 aromatic carbocycles. The Morgan fingerprint density at radius 2 is 2.33 bits per heavy atom. The predicted molar refractivity (Wildman–Crippen MR) is 64.8 cm³/mol. The van der Waals surface area contributed by atoms with E-state index in [4.69, 9.17) is 5.73 Å². The maximum Gasteiger partial charge on any atom is 0.104 e. The minimum Gasteiger partial charge on any atom is -0.385 e. The summed E-state index contributed by atoms with van der Waals surface area (Å²) in [6.45, 7) is 1.15. The van der Waals surface area contributed by atoms with Crippen LogP contribution in [0.1, 0.15) is 18.4 Å². The highest BCUT2D eigenvalue weighted by molar-refractivity contribution is 9.10. The molecule has 0 aliphatic carbocycles. The Balaban J connectivity index is 2.50. The smallest absolute Gasteiger partial charge is 0.104 e. The number of nitrogens with two attached hydrogens (primary N) is 1. The van der Waals surface area contributed by atoms with Crippen molar-refractivity contribution in [2.24, 2.45) is 5.73 Å². The monoisotopic (exact) mass is 270 g/mol. The van der Waals surface area contributed by atoms with Gasteiger partial charge in [0.2, 0.25) is 0 Å². The third kappa shape index (κ3) is 2.02. The van der Waals surface area contributed by atoms with Gasteiger partial charge >= 0.3 is 0 Å². The lowest BCUT2D eigenvalue weighted by Crippen LogP contribution is -2.34. The predicted octanol–water partition coefficient (Wildman–Crippen LogP) is 1.80. The van der Waals surface area contributed by atoms with Gasteiger partial charge in [-0.15, -0.1) is 0 Å². The highest BCUT2D eigenvalue weighted by atomic mass is 79.9. The fourth-order valence-corrected chi connectivity index (χ4v) is 2.38.